The lowest BCUT2D eigenvalue weighted by Crippen LogP contribution is -2.17. The smallest absolute Gasteiger partial charge is 0.252 e. The molecule has 0 saturated heterocycles. The molecule has 1 heterocycles. The summed E-state index contributed by atoms with van der Waals surface area (Å²) >= 11 is 1.44. The molecule has 3 aromatic rings. The van der Waals surface area contributed by atoms with Gasteiger partial charge in [-0.05, 0) is 49.6 Å². The van der Waals surface area contributed by atoms with Gasteiger partial charge in [-0.1, -0.05) is 29.5 Å². The molecule has 0 unspecified atom stereocenters. The van der Waals surface area contributed by atoms with Gasteiger partial charge in [-0.3, -0.25) is 4.79 Å². The summed E-state index contributed by atoms with van der Waals surface area (Å²) in [6, 6.07) is 9.83. The topological polar surface area (TPSA) is 52.8 Å². The number of fused-ring (bicyclic) bond motifs is 1. The van der Waals surface area contributed by atoms with Crippen molar-refractivity contribution in [1.82, 2.24) is 4.57 Å². The number of hydrogen-bond donors (Lipinski definition) is 0. The summed E-state index contributed by atoms with van der Waals surface area (Å²) in [6.45, 7) is 6.82. The average molecular weight is 385 g/mol. The van der Waals surface area contributed by atoms with Crippen LogP contribution in [0.2, 0.25) is 0 Å². The molecule has 1 amide bonds. The number of methoxy groups -OCH3 is 2. The molecule has 0 atom stereocenters. The summed E-state index contributed by atoms with van der Waals surface area (Å²) in [5, 5.41) is 0. The van der Waals surface area contributed by atoms with E-state index in [4.69, 9.17) is 9.47 Å². The molecule has 0 aliphatic carbocycles. The van der Waals surface area contributed by atoms with Crippen molar-refractivity contribution < 1.29 is 14.3 Å². The van der Waals surface area contributed by atoms with Crippen molar-refractivity contribution in [1.29, 1.82) is 0 Å². The van der Waals surface area contributed by atoms with Crippen molar-refractivity contribution in [2.75, 3.05) is 14.2 Å². The number of rotatable bonds is 5. The molecule has 2 aromatic carbocycles. The third kappa shape index (κ3) is 3.76. The predicted octanol–water partition coefficient (Wildman–Crippen LogP) is 4.03. The minimum Gasteiger partial charge on any atom is -0.495 e. The number of nitrogens with zero attached hydrogens (tertiary/aromatic N) is 2. The molecule has 0 radical (unpaired) electrons. The summed E-state index contributed by atoms with van der Waals surface area (Å²) < 4.78 is 13.9. The lowest BCUT2D eigenvalue weighted by Gasteiger charge is -2.08. The minimum absolute atomic E-state index is 0.162. The molecule has 0 bridgehead atoms. The Bertz CT molecular complexity index is 1060. The zero-order chi connectivity index (χ0) is 19.6. The van der Waals surface area contributed by atoms with Crippen LogP contribution in [0, 0.1) is 13.8 Å². The quantitative estimate of drug-likeness (QED) is 0.667. The number of benzene rings is 2. The van der Waals surface area contributed by atoms with Crippen LogP contribution in [0.25, 0.3) is 10.2 Å². The van der Waals surface area contributed by atoms with Crippen LogP contribution in [0.3, 0.4) is 0 Å². The van der Waals surface area contributed by atoms with Crippen molar-refractivity contribution in [3.8, 4) is 11.5 Å². The molecule has 0 aliphatic rings. The fourth-order valence-corrected chi connectivity index (χ4v) is 4.29. The summed E-state index contributed by atoms with van der Waals surface area (Å²) in [5.41, 5.74) is 4.28. The normalized spacial score (nSPS) is 11.8. The van der Waals surface area contributed by atoms with E-state index >= 15 is 0 Å². The Kier molecular flexibility index (Phi) is 5.65. The Balaban J connectivity index is 2.06. The zero-order valence-electron chi connectivity index (χ0n) is 16.3. The van der Waals surface area contributed by atoms with Crippen LogP contribution < -0.4 is 14.3 Å². The second-order valence-electron chi connectivity index (χ2n) is 6.38. The molecule has 0 aliphatic heterocycles. The van der Waals surface area contributed by atoms with E-state index < -0.39 is 0 Å². The fraction of sp³-hybridized carbons (Fsp3) is 0.333. The molecule has 0 saturated carbocycles. The second-order valence-corrected chi connectivity index (χ2v) is 7.36. The second kappa shape index (κ2) is 7.96. The van der Waals surface area contributed by atoms with Gasteiger partial charge in [0.05, 0.1) is 20.6 Å². The molecule has 0 fully saturated rings. The predicted molar refractivity (Wildman–Crippen MR) is 109 cm³/mol. The summed E-state index contributed by atoms with van der Waals surface area (Å²) in [4.78, 5) is 17.6. The van der Waals surface area contributed by atoms with Crippen LogP contribution in [0.5, 0.6) is 11.5 Å². The molecule has 27 heavy (non-hydrogen) atoms. The van der Waals surface area contributed by atoms with Crippen LogP contribution in [0.4, 0.5) is 0 Å². The van der Waals surface area contributed by atoms with Gasteiger partial charge in [-0.15, -0.1) is 0 Å². The number of carbonyl (C=O) groups is 1. The highest BCUT2D eigenvalue weighted by Crippen LogP contribution is 2.35. The van der Waals surface area contributed by atoms with E-state index in [1.807, 2.05) is 41.8 Å². The average Bonchev–Trinajstić information content (AvgIpc) is 3.01. The van der Waals surface area contributed by atoms with E-state index in [2.05, 4.69) is 18.8 Å². The van der Waals surface area contributed by atoms with Gasteiger partial charge in [0.1, 0.15) is 21.7 Å². The molecular formula is C21H24N2O3S. The van der Waals surface area contributed by atoms with Gasteiger partial charge in [0.15, 0.2) is 4.80 Å². The number of amides is 1. The van der Waals surface area contributed by atoms with Crippen molar-refractivity contribution in [3.63, 3.8) is 0 Å². The number of aromatic nitrogens is 1. The Morgan fingerprint density at radius 1 is 1.07 bits per heavy atom. The molecule has 0 spiro atoms. The molecule has 0 N–H and O–H groups in total. The van der Waals surface area contributed by atoms with Gasteiger partial charge in [0.25, 0.3) is 5.91 Å². The Morgan fingerprint density at radius 3 is 2.41 bits per heavy atom. The highest BCUT2D eigenvalue weighted by atomic mass is 32.1. The van der Waals surface area contributed by atoms with Gasteiger partial charge in [-0.2, -0.15) is 4.99 Å². The maximum absolute atomic E-state index is 12.6. The molecule has 1 aromatic heterocycles. The van der Waals surface area contributed by atoms with Crippen LogP contribution in [-0.4, -0.2) is 24.7 Å². The first-order chi connectivity index (χ1) is 13.0. The van der Waals surface area contributed by atoms with Crippen molar-refractivity contribution in [2.24, 2.45) is 4.99 Å². The van der Waals surface area contributed by atoms with Crippen LogP contribution in [0.15, 0.2) is 35.3 Å². The molecule has 142 valence electrons. The lowest BCUT2D eigenvalue weighted by atomic mass is 10.0. The van der Waals surface area contributed by atoms with E-state index in [1.54, 1.807) is 14.2 Å². The first kappa shape index (κ1) is 19.2. The number of aryl methyl sites for hydroxylation is 3. The largest absolute Gasteiger partial charge is 0.495 e. The van der Waals surface area contributed by atoms with Crippen molar-refractivity contribution in [3.05, 3.63) is 51.8 Å². The fourth-order valence-electron chi connectivity index (χ4n) is 3.07. The van der Waals surface area contributed by atoms with E-state index in [0.717, 1.165) is 27.3 Å². The van der Waals surface area contributed by atoms with E-state index in [0.29, 0.717) is 11.3 Å². The van der Waals surface area contributed by atoms with Crippen molar-refractivity contribution in [2.45, 2.75) is 33.7 Å². The highest BCUT2D eigenvalue weighted by Gasteiger charge is 2.15. The Morgan fingerprint density at radius 2 is 1.78 bits per heavy atom. The molecule has 6 heteroatoms. The van der Waals surface area contributed by atoms with Crippen LogP contribution >= 0.6 is 11.3 Å². The van der Waals surface area contributed by atoms with Gasteiger partial charge in [0, 0.05) is 6.54 Å². The van der Waals surface area contributed by atoms with E-state index in [9.17, 15) is 4.79 Å². The van der Waals surface area contributed by atoms with Crippen LogP contribution in [0.1, 0.15) is 23.6 Å². The standard InChI is InChI=1S/C21H24N2O3S/c1-6-23-19-16(25-4)9-10-17(26-5)20(19)27-21(23)22-18(24)12-15-8-7-13(2)14(3)11-15/h7-11H,6,12H2,1-5H3. The van der Waals surface area contributed by atoms with Gasteiger partial charge in [0.2, 0.25) is 0 Å². The maximum Gasteiger partial charge on any atom is 0.252 e. The zero-order valence-corrected chi connectivity index (χ0v) is 17.1. The number of thiazole rings is 1. The monoisotopic (exact) mass is 384 g/mol. The molecular weight excluding hydrogens is 360 g/mol. The highest BCUT2D eigenvalue weighted by molar-refractivity contribution is 7.16. The van der Waals surface area contributed by atoms with E-state index in [-0.39, 0.29) is 12.3 Å². The van der Waals surface area contributed by atoms with Crippen LogP contribution in [-0.2, 0) is 17.8 Å². The van der Waals surface area contributed by atoms with Crippen molar-refractivity contribution >= 4 is 27.5 Å². The number of carbonyl (C=O) groups excluding carboxylic acids is 1. The summed E-state index contributed by atoms with van der Waals surface area (Å²) in [7, 11) is 3.28. The Labute approximate surface area is 162 Å². The summed E-state index contributed by atoms with van der Waals surface area (Å²) in [5.74, 6) is 1.33. The maximum atomic E-state index is 12.6. The summed E-state index contributed by atoms with van der Waals surface area (Å²) in [6.07, 6.45) is 0.285. The van der Waals surface area contributed by atoms with Gasteiger partial charge in [-0.25, -0.2) is 0 Å². The first-order valence-electron chi connectivity index (χ1n) is 8.86. The van der Waals surface area contributed by atoms with Gasteiger partial charge >= 0.3 is 0 Å². The minimum atomic E-state index is -0.162. The van der Waals surface area contributed by atoms with Gasteiger partial charge < -0.3 is 14.0 Å². The number of ether oxygens (including phenoxy) is 2. The third-order valence-electron chi connectivity index (χ3n) is 4.66. The lowest BCUT2D eigenvalue weighted by molar-refractivity contribution is -0.117. The molecule has 5 nitrogen and oxygen atoms in total. The van der Waals surface area contributed by atoms with E-state index in [1.165, 1.54) is 22.5 Å². The molecule has 3 rings (SSSR count). The SMILES string of the molecule is CCn1c(=NC(=O)Cc2ccc(C)c(C)c2)sc2c(OC)ccc(OC)c21. The third-order valence-corrected chi connectivity index (χ3v) is 5.75. The number of hydrogen-bond acceptors (Lipinski definition) is 4. The first-order valence-corrected chi connectivity index (χ1v) is 9.68. The Hall–Kier alpha value is -2.60.